The van der Waals surface area contributed by atoms with E-state index < -0.39 is 0 Å². The molecule has 0 spiro atoms. The number of nitrogens with two attached hydrogens (primary N) is 1. The Kier molecular flexibility index (Phi) is 3.18. The van der Waals surface area contributed by atoms with Crippen LogP contribution in [-0.2, 0) is 6.54 Å². The summed E-state index contributed by atoms with van der Waals surface area (Å²) < 4.78 is 6.06. The quantitative estimate of drug-likeness (QED) is 0.916. The van der Waals surface area contributed by atoms with Crippen LogP contribution in [0.4, 0.5) is 0 Å². The molecule has 108 valence electrons. The van der Waals surface area contributed by atoms with E-state index >= 15 is 0 Å². The van der Waals surface area contributed by atoms with Crippen LogP contribution in [0.1, 0.15) is 37.7 Å². The molecule has 2 N–H and O–H groups in total. The molecule has 0 aliphatic heterocycles. The normalized spacial score (nSPS) is 38.1. The van der Waals surface area contributed by atoms with E-state index in [4.69, 9.17) is 10.5 Å². The van der Waals surface area contributed by atoms with Gasteiger partial charge in [0.2, 0.25) is 5.88 Å². The molecule has 4 aliphatic rings. The largest absolute Gasteiger partial charge is 0.477 e. The summed E-state index contributed by atoms with van der Waals surface area (Å²) in [5.74, 6) is 5.40. The van der Waals surface area contributed by atoms with Gasteiger partial charge in [-0.05, 0) is 67.8 Å². The van der Waals surface area contributed by atoms with Crippen molar-refractivity contribution >= 4 is 0 Å². The summed E-state index contributed by atoms with van der Waals surface area (Å²) in [6.45, 7) is 1.35. The van der Waals surface area contributed by atoms with Crippen LogP contribution in [0.25, 0.3) is 0 Å². The summed E-state index contributed by atoms with van der Waals surface area (Å²) in [6, 6.07) is 3.94. The molecule has 0 unspecified atom stereocenters. The third-order valence-electron chi connectivity index (χ3n) is 5.90. The van der Waals surface area contributed by atoms with Gasteiger partial charge in [-0.2, -0.15) is 0 Å². The van der Waals surface area contributed by atoms with E-state index in [1.165, 1.54) is 32.1 Å². The van der Waals surface area contributed by atoms with Gasteiger partial charge in [-0.3, -0.25) is 0 Å². The van der Waals surface area contributed by atoms with E-state index in [1.54, 1.807) is 6.20 Å². The first kappa shape index (κ1) is 12.6. The van der Waals surface area contributed by atoms with Gasteiger partial charge in [0.25, 0.3) is 0 Å². The Morgan fingerprint density at radius 2 is 1.80 bits per heavy atom. The average molecular weight is 272 g/mol. The maximum absolute atomic E-state index is 6.06. The highest BCUT2D eigenvalue weighted by molar-refractivity contribution is 5.25. The standard InChI is InChI=1S/C17H24N2O/c18-9-13-2-1-3-19-17(13)20-10-16-14-5-11-4-12(7-14)8-15(16)6-11/h1-3,11-12,14-16H,4-10,18H2. The molecule has 0 atom stereocenters. The summed E-state index contributed by atoms with van der Waals surface area (Å²) in [6.07, 6.45) is 9.11. The first-order valence-electron chi connectivity index (χ1n) is 8.10. The lowest BCUT2D eigenvalue weighted by Crippen LogP contribution is -2.47. The summed E-state index contributed by atoms with van der Waals surface area (Å²) in [4.78, 5) is 4.35. The van der Waals surface area contributed by atoms with Gasteiger partial charge in [0.15, 0.2) is 0 Å². The summed E-state index contributed by atoms with van der Waals surface area (Å²) >= 11 is 0. The summed E-state index contributed by atoms with van der Waals surface area (Å²) in [5.41, 5.74) is 6.78. The summed E-state index contributed by atoms with van der Waals surface area (Å²) in [7, 11) is 0. The lowest BCUT2D eigenvalue weighted by Gasteiger charge is -2.54. The molecule has 4 saturated carbocycles. The van der Waals surface area contributed by atoms with Crippen LogP contribution >= 0.6 is 0 Å². The number of rotatable bonds is 4. The molecule has 1 heterocycles. The molecule has 0 amide bonds. The van der Waals surface area contributed by atoms with Crippen LogP contribution in [0.3, 0.4) is 0 Å². The van der Waals surface area contributed by atoms with Crippen molar-refractivity contribution in [2.75, 3.05) is 6.61 Å². The predicted molar refractivity (Wildman–Crippen MR) is 78.2 cm³/mol. The van der Waals surface area contributed by atoms with Crippen LogP contribution < -0.4 is 10.5 Å². The van der Waals surface area contributed by atoms with Gasteiger partial charge < -0.3 is 10.5 Å². The third-order valence-corrected chi connectivity index (χ3v) is 5.90. The van der Waals surface area contributed by atoms with Crippen molar-refractivity contribution in [3.63, 3.8) is 0 Å². The highest BCUT2D eigenvalue weighted by Crippen LogP contribution is 2.56. The zero-order valence-corrected chi connectivity index (χ0v) is 12.0. The van der Waals surface area contributed by atoms with Gasteiger partial charge in [-0.15, -0.1) is 0 Å². The molecule has 3 nitrogen and oxygen atoms in total. The number of pyridine rings is 1. The molecule has 1 aromatic rings. The Bertz CT molecular complexity index is 460. The van der Waals surface area contributed by atoms with Gasteiger partial charge in [-0.1, -0.05) is 6.07 Å². The number of ether oxygens (including phenoxy) is 1. The molecule has 1 aromatic heterocycles. The van der Waals surface area contributed by atoms with Gasteiger partial charge in [0, 0.05) is 18.3 Å². The smallest absolute Gasteiger partial charge is 0.217 e. The minimum Gasteiger partial charge on any atom is -0.477 e. The minimum atomic E-state index is 0.505. The molecule has 4 fully saturated rings. The molecule has 0 radical (unpaired) electrons. The molecule has 0 aromatic carbocycles. The number of aromatic nitrogens is 1. The van der Waals surface area contributed by atoms with Gasteiger partial charge in [0.05, 0.1) is 6.61 Å². The van der Waals surface area contributed by atoms with Crippen molar-refractivity contribution in [3.05, 3.63) is 23.9 Å². The maximum atomic E-state index is 6.06. The second kappa shape index (κ2) is 5.03. The van der Waals surface area contributed by atoms with E-state index in [9.17, 15) is 0 Å². The van der Waals surface area contributed by atoms with Crippen molar-refractivity contribution in [1.29, 1.82) is 0 Å². The van der Waals surface area contributed by atoms with Gasteiger partial charge in [0.1, 0.15) is 0 Å². The Hall–Kier alpha value is -1.09. The second-order valence-electron chi connectivity index (χ2n) is 7.08. The lowest BCUT2D eigenvalue weighted by atomic mass is 9.52. The monoisotopic (exact) mass is 272 g/mol. The Morgan fingerprint density at radius 3 is 2.45 bits per heavy atom. The fraction of sp³-hybridized carbons (Fsp3) is 0.706. The van der Waals surface area contributed by atoms with E-state index in [2.05, 4.69) is 4.98 Å². The Morgan fingerprint density at radius 1 is 1.10 bits per heavy atom. The fourth-order valence-electron chi connectivity index (χ4n) is 5.19. The lowest BCUT2D eigenvalue weighted by molar-refractivity contribution is -0.0535. The zero-order valence-electron chi connectivity index (χ0n) is 12.0. The second-order valence-corrected chi connectivity index (χ2v) is 7.08. The fourth-order valence-corrected chi connectivity index (χ4v) is 5.19. The van der Waals surface area contributed by atoms with E-state index in [-0.39, 0.29) is 0 Å². The third kappa shape index (κ3) is 2.12. The molecule has 20 heavy (non-hydrogen) atoms. The van der Waals surface area contributed by atoms with Crippen molar-refractivity contribution in [1.82, 2.24) is 4.98 Å². The average Bonchev–Trinajstić information content (AvgIpc) is 2.46. The highest BCUT2D eigenvalue weighted by atomic mass is 16.5. The molecular weight excluding hydrogens is 248 g/mol. The van der Waals surface area contributed by atoms with E-state index in [0.29, 0.717) is 6.54 Å². The topological polar surface area (TPSA) is 48.1 Å². The van der Waals surface area contributed by atoms with Crippen LogP contribution in [0.2, 0.25) is 0 Å². The number of nitrogens with zero attached hydrogens (tertiary/aromatic N) is 1. The first-order valence-corrected chi connectivity index (χ1v) is 8.10. The van der Waals surface area contributed by atoms with E-state index in [1.807, 2.05) is 12.1 Å². The number of hydrogen-bond acceptors (Lipinski definition) is 3. The van der Waals surface area contributed by atoms with Crippen LogP contribution in [-0.4, -0.2) is 11.6 Å². The zero-order chi connectivity index (χ0) is 13.5. The van der Waals surface area contributed by atoms with Crippen molar-refractivity contribution in [3.8, 4) is 5.88 Å². The SMILES string of the molecule is NCc1cccnc1OCC1C2CC3CC(C2)CC1C3. The highest BCUT2D eigenvalue weighted by Gasteiger charge is 2.48. The number of hydrogen-bond donors (Lipinski definition) is 1. The molecular formula is C17H24N2O. The first-order chi connectivity index (χ1) is 9.83. The van der Waals surface area contributed by atoms with Crippen LogP contribution in [0.15, 0.2) is 18.3 Å². The molecule has 3 heteroatoms. The van der Waals surface area contributed by atoms with Gasteiger partial charge in [-0.25, -0.2) is 4.98 Å². The van der Waals surface area contributed by atoms with Gasteiger partial charge >= 0.3 is 0 Å². The van der Waals surface area contributed by atoms with Crippen LogP contribution in [0.5, 0.6) is 5.88 Å². The Labute approximate surface area is 120 Å². The van der Waals surface area contributed by atoms with Crippen molar-refractivity contribution in [2.45, 2.75) is 38.6 Å². The Balaban J connectivity index is 1.45. The molecule has 0 saturated heterocycles. The van der Waals surface area contributed by atoms with Crippen molar-refractivity contribution < 1.29 is 4.74 Å². The van der Waals surface area contributed by atoms with Crippen LogP contribution in [0, 0.1) is 29.6 Å². The minimum absolute atomic E-state index is 0.505. The molecule has 5 rings (SSSR count). The summed E-state index contributed by atoms with van der Waals surface area (Å²) in [5, 5.41) is 0. The van der Waals surface area contributed by atoms with Crippen molar-refractivity contribution in [2.24, 2.45) is 35.3 Å². The van der Waals surface area contributed by atoms with E-state index in [0.717, 1.165) is 47.6 Å². The molecule has 4 bridgehead atoms. The maximum Gasteiger partial charge on any atom is 0.217 e. The predicted octanol–water partition coefficient (Wildman–Crippen LogP) is 2.99. The molecule has 4 aliphatic carbocycles.